The predicted octanol–water partition coefficient (Wildman–Crippen LogP) is -0.175. The number of nitrogens with two attached hydrogens (primary N) is 1. The molecule has 8 heteroatoms. The number of rotatable bonds is 6. The minimum absolute atomic E-state index is 0.0313. The van der Waals surface area contributed by atoms with Crippen molar-refractivity contribution in [2.24, 2.45) is 5.73 Å². The van der Waals surface area contributed by atoms with Crippen LogP contribution in [-0.4, -0.2) is 39.7 Å². The maximum absolute atomic E-state index is 11.7. The first kappa shape index (κ1) is 16.0. The van der Waals surface area contributed by atoms with Gasteiger partial charge >= 0.3 is 5.97 Å². The molecule has 0 aliphatic heterocycles. The van der Waals surface area contributed by atoms with Gasteiger partial charge in [-0.25, -0.2) is 9.78 Å². The molecule has 0 aliphatic rings. The average Bonchev–Trinajstić information content (AvgIpc) is 2.46. The molecule has 0 saturated carbocycles. The highest BCUT2D eigenvalue weighted by Gasteiger charge is 2.24. The number of nitrogens with zero attached hydrogens (tertiary/aromatic N) is 3. The number of aryl methyl sites for hydroxylation is 2. The molecular formula is C12H19N5O3. The molecule has 1 aromatic heterocycles. The first-order valence-corrected chi connectivity index (χ1v) is 6.48. The summed E-state index contributed by atoms with van der Waals surface area (Å²) >= 11 is 0. The topological polar surface area (TPSA) is 120 Å². The normalized spacial score (nSPS) is 11.8. The van der Waals surface area contributed by atoms with Crippen LogP contribution >= 0.6 is 0 Å². The Morgan fingerprint density at radius 2 is 1.85 bits per heavy atom. The van der Waals surface area contributed by atoms with E-state index >= 15 is 0 Å². The molecule has 0 saturated heterocycles. The molecule has 8 nitrogen and oxygen atoms in total. The Hall–Kier alpha value is -2.09. The summed E-state index contributed by atoms with van der Waals surface area (Å²) in [7, 11) is 0. The number of hydrogen-bond acceptors (Lipinski definition) is 7. The molecule has 1 heterocycles. The number of hydrogen-bond donors (Lipinski definition) is 2. The second kappa shape index (κ2) is 7.49. The Morgan fingerprint density at radius 1 is 1.20 bits per heavy atom. The Labute approximate surface area is 117 Å². The largest absolute Gasteiger partial charge is 0.464 e. The summed E-state index contributed by atoms with van der Waals surface area (Å²) in [6.07, 6.45) is 1.38. The molecule has 0 fully saturated rings. The van der Waals surface area contributed by atoms with Gasteiger partial charge in [-0.2, -0.15) is 0 Å². The Balaban J connectivity index is 2.78. The number of carbonyl (C=O) groups excluding carboxylic acids is 2. The molecular weight excluding hydrogens is 262 g/mol. The highest BCUT2D eigenvalue weighted by atomic mass is 16.5. The number of nitrogens with one attached hydrogen (secondary N) is 1. The van der Waals surface area contributed by atoms with E-state index in [0.29, 0.717) is 12.8 Å². The van der Waals surface area contributed by atoms with Gasteiger partial charge in [-0.15, -0.1) is 10.2 Å². The van der Waals surface area contributed by atoms with Gasteiger partial charge in [-0.3, -0.25) is 10.1 Å². The number of carbonyl (C=O) groups is 2. The molecule has 0 aromatic carbocycles. The molecule has 0 radical (unpaired) electrons. The minimum Gasteiger partial charge on any atom is -0.464 e. The van der Waals surface area contributed by atoms with Crippen LogP contribution in [0.25, 0.3) is 0 Å². The fourth-order valence-electron chi connectivity index (χ4n) is 1.52. The fourth-order valence-corrected chi connectivity index (χ4v) is 1.52. The van der Waals surface area contributed by atoms with Crippen LogP contribution in [-0.2, 0) is 27.2 Å². The van der Waals surface area contributed by atoms with Gasteiger partial charge in [0.15, 0.2) is 6.04 Å². The van der Waals surface area contributed by atoms with Gasteiger partial charge in [0.25, 0.3) is 5.91 Å². The van der Waals surface area contributed by atoms with Crippen molar-refractivity contribution >= 4 is 17.8 Å². The lowest BCUT2D eigenvalue weighted by Crippen LogP contribution is -2.43. The lowest BCUT2D eigenvalue weighted by molar-refractivity contribution is -0.146. The number of esters is 1. The molecule has 0 spiro atoms. The van der Waals surface area contributed by atoms with E-state index < -0.39 is 17.9 Å². The quantitative estimate of drug-likeness (QED) is 0.548. The third kappa shape index (κ3) is 3.95. The number of aromatic nitrogens is 3. The van der Waals surface area contributed by atoms with Crippen LogP contribution in [0.15, 0.2) is 0 Å². The second-order valence-corrected chi connectivity index (χ2v) is 3.95. The van der Waals surface area contributed by atoms with Crippen LogP contribution in [0.5, 0.6) is 0 Å². The van der Waals surface area contributed by atoms with Gasteiger partial charge < -0.3 is 10.5 Å². The van der Waals surface area contributed by atoms with Crippen molar-refractivity contribution in [3.63, 3.8) is 0 Å². The van der Waals surface area contributed by atoms with E-state index in [2.05, 4.69) is 25.2 Å². The van der Waals surface area contributed by atoms with Crippen LogP contribution in [0.2, 0.25) is 0 Å². The van der Waals surface area contributed by atoms with E-state index in [1.165, 1.54) is 0 Å². The molecule has 0 aliphatic carbocycles. The highest BCUT2D eigenvalue weighted by molar-refractivity contribution is 6.07. The van der Waals surface area contributed by atoms with Crippen LogP contribution in [0.1, 0.15) is 32.2 Å². The van der Waals surface area contributed by atoms with Crippen LogP contribution in [0.4, 0.5) is 5.95 Å². The Bertz CT molecular complexity index is 492. The summed E-state index contributed by atoms with van der Waals surface area (Å²) in [5.41, 5.74) is 6.99. The highest BCUT2D eigenvalue weighted by Crippen LogP contribution is 2.07. The predicted molar refractivity (Wildman–Crippen MR) is 71.8 cm³/mol. The summed E-state index contributed by atoms with van der Waals surface area (Å²) < 4.78 is 4.66. The molecule has 1 atom stereocenters. The molecule has 0 bridgehead atoms. The molecule has 1 aromatic rings. The van der Waals surface area contributed by atoms with Crippen molar-refractivity contribution in [2.45, 2.75) is 39.7 Å². The first-order valence-electron chi connectivity index (χ1n) is 6.48. The Morgan fingerprint density at radius 3 is 2.40 bits per heavy atom. The minimum atomic E-state index is -1.41. The molecule has 1 rings (SSSR count). The van der Waals surface area contributed by atoms with Crippen LogP contribution in [0.3, 0.4) is 0 Å². The zero-order valence-electron chi connectivity index (χ0n) is 11.8. The van der Waals surface area contributed by atoms with E-state index in [0.717, 1.165) is 11.4 Å². The van der Waals surface area contributed by atoms with E-state index in [-0.39, 0.29) is 12.6 Å². The van der Waals surface area contributed by atoms with Gasteiger partial charge in [-0.1, -0.05) is 13.8 Å². The second-order valence-electron chi connectivity index (χ2n) is 3.95. The average molecular weight is 281 g/mol. The lowest BCUT2D eigenvalue weighted by Gasteiger charge is -2.11. The van der Waals surface area contributed by atoms with Crippen molar-refractivity contribution in [2.75, 3.05) is 11.9 Å². The van der Waals surface area contributed by atoms with Gasteiger partial charge in [0.05, 0.1) is 18.0 Å². The van der Waals surface area contributed by atoms with Gasteiger partial charge in [0, 0.05) is 0 Å². The van der Waals surface area contributed by atoms with Crippen molar-refractivity contribution in [3.8, 4) is 0 Å². The van der Waals surface area contributed by atoms with Gasteiger partial charge in [0.1, 0.15) is 0 Å². The molecule has 3 N–H and O–H groups in total. The maximum atomic E-state index is 11.7. The number of ether oxygens (including phenoxy) is 1. The SMILES string of the molecule is CCOC(=O)C(N)C(=O)Nc1nnc(CC)c(CC)n1. The van der Waals surface area contributed by atoms with E-state index in [9.17, 15) is 9.59 Å². The van der Waals surface area contributed by atoms with Crippen molar-refractivity contribution in [1.29, 1.82) is 0 Å². The van der Waals surface area contributed by atoms with Gasteiger partial charge in [-0.05, 0) is 19.8 Å². The maximum Gasteiger partial charge on any atom is 0.332 e. The molecule has 20 heavy (non-hydrogen) atoms. The number of anilines is 1. The molecule has 110 valence electrons. The number of amides is 1. The van der Waals surface area contributed by atoms with E-state index in [1.54, 1.807) is 6.92 Å². The van der Waals surface area contributed by atoms with E-state index in [4.69, 9.17) is 5.73 Å². The zero-order valence-corrected chi connectivity index (χ0v) is 11.8. The summed E-state index contributed by atoms with van der Waals surface area (Å²) in [5, 5.41) is 10.1. The van der Waals surface area contributed by atoms with E-state index in [1.807, 2.05) is 13.8 Å². The van der Waals surface area contributed by atoms with Gasteiger partial charge in [0.2, 0.25) is 5.95 Å². The van der Waals surface area contributed by atoms with Crippen LogP contribution < -0.4 is 11.1 Å². The lowest BCUT2D eigenvalue weighted by atomic mass is 10.2. The smallest absolute Gasteiger partial charge is 0.332 e. The van der Waals surface area contributed by atoms with Crippen molar-refractivity contribution < 1.29 is 14.3 Å². The summed E-state index contributed by atoms with van der Waals surface area (Å²) in [5.74, 6) is -1.49. The molecule has 1 amide bonds. The fraction of sp³-hybridized carbons (Fsp3) is 0.583. The Kier molecular flexibility index (Phi) is 5.98. The summed E-state index contributed by atoms with van der Waals surface area (Å²) in [6, 6.07) is -1.41. The zero-order chi connectivity index (χ0) is 15.1. The van der Waals surface area contributed by atoms with Crippen LogP contribution in [0, 0.1) is 0 Å². The summed E-state index contributed by atoms with van der Waals surface area (Å²) in [4.78, 5) is 27.2. The molecule has 1 unspecified atom stereocenters. The van der Waals surface area contributed by atoms with Crippen molar-refractivity contribution in [3.05, 3.63) is 11.4 Å². The first-order chi connectivity index (χ1) is 9.53. The third-order valence-electron chi connectivity index (χ3n) is 2.57. The standard InChI is InChI=1S/C12H19N5O3/c1-4-7-8(5-2)16-17-12(14-7)15-10(18)9(13)11(19)20-6-3/h9H,4-6,13H2,1-3H3,(H,14,15,17,18). The third-order valence-corrected chi connectivity index (χ3v) is 2.57. The monoisotopic (exact) mass is 281 g/mol. The van der Waals surface area contributed by atoms with Crippen molar-refractivity contribution in [1.82, 2.24) is 15.2 Å². The summed E-state index contributed by atoms with van der Waals surface area (Å²) in [6.45, 7) is 5.66.